The third kappa shape index (κ3) is 2.75. The summed E-state index contributed by atoms with van der Waals surface area (Å²) in [7, 11) is 2.00. The van der Waals surface area contributed by atoms with Crippen LogP contribution in [0.4, 0.5) is 0 Å². The topological polar surface area (TPSA) is 73.0 Å². The van der Waals surface area contributed by atoms with Gasteiger partial charge < -0.3 is 14.3 Å². The van der Waals surface area contributed by atoms with Crippen molar-refractivity contribution in [3.63, 3.8) is 0 Å². The zero-order chi connectivity index (χ0) is 17.8. The number of amides is 1. The molecule has 6 heteroatoms. The molecule has 3 aliphatic carbocycles. The molecule has 3 aliphatic rings. The Morgan fingerprint density at radius 2 is 1.96 bits per heavy atom. The third-order valence-electron chi connectivity index (χ3n) is 6.50. The van der Waals surface area contributed by atoms with E-state index in [1.165, 1.54) is 25.7 Å². The van der Waals surface area contributed by atoms with Crippen LogP contribution in [0, 0.1) is 11.8 Å². The third-order valence-corrected chi connectivity index (χ3v) is 6.50. The minimum Gasteiger partial charge on any atom is -0.465 e. The fraction of sp³-hybridized carbons (Fsp3) is 0.650. The van der Waals surface area contributed by atoms with E-state index < -0.39 is 0 Å². The van der Waals surface area contributed by atoms with Crippen molar-refractivity contribution in [2.24, 2.45) is 18.9 Å². The molecule has 2 heterocycles. The standard InChI is InChI=1S/C20H26N4O2/c1-11-8-13(11)16-6-7-17(26-16)14-9-15(14)20(25)21-10-18-22-23-19(24(18)2)12-4-3-5-12/h6-7,11-15H,3-5,8-10H2,1-2H3,(H,21,25). The highest BCUT2D eigenvalue weighted by Gasteiger charge is 2.47. The monoisotopic (exact) mass is 354 g/mol. The van der Waals surface area contributed by atoms with Crippen molar-refractivity contribution in [3.05, 3.63) is 35.3 Å². The van der Waals surface area contributed by atoms with E-state index in [-0.39, 0.29) is 17.7 Å². The van der Waals surface area contributed by atoms with Gasteiger partial charge in [0.05, 0.1) is 6.54 Å². The summed E-state index contributed by atoms with van der Waals surface area (Å²) < 4.78 is 8.05. The first-order valence-electron chi connectivity index (χ1n) is 9.87. The summed E-state index contributed by atoms with van der Waals surface area (Å²) in [5.74, 6) is 6.22. The van der Waals surface area contributed by atoms with Crippen molar-refractivity contribution in [1.82, 2.24) is 20.1 Å². The van der Waals surface area contributed by atoms with Crippen molar-refractivity contribution in [2.75, 3.05) is 0 Å². The van der Waals surface area contributed by atoms with E-state index in [2.05, 4.69) is 34.6 Å². The van der Waals surface area contributed by atoms with Crippen LogP contribution in [0.2, 0.25) is 0 Å². The number of hydrogen-bond acceptors (Lipinski definition) is 4. The Balaban J connectivity index is 1.16. The average Bonchev–Trinajstić information content (AvgIpc) is 3.45. The van der Waals surface area contributed by atoms with Crippen LogP contribution in [0.25, 0.3) is 0 Å². The summed E-state index contributed by atoms with van der Waals surface area (Å²) in [5, 5.41) is 11.6. The molecule has 0 aromatic carbocycles. The van der Waals surface area contributed by atoms with Gasteiger partial charge >= 0.3 is 0 Å². The Labute approximate surface area is 153 Å². The maximum atomic E-state index is 12.5. The van der Waals surface area contributed by atoms with Gasteiger partial charge in [-0.1, -0.05) is 13.3 Å². The van der Waals surface area contributed by atoms with Crippen LogP contribution >= 0.6 is 0 Å². The Kier molecular flexibility index (Phi) is 3.69. The predicted molar refractivity (Wildman–Crippen MR) is 95.5 cm³/mol. The van der Waals surface area contributed by atoms with Crippen LogP contribution in [-0.4, -0.2) is 20.7 Å². The minimum absolute atomic E-state index is 0.0324. The first-order valence-corrected chi connectivity index (χ1v) is 9.87. The Morgan fingerprint density at radius 3 is 2.62 bits per heavy atom. The van der Waals surface area contributed by atoms with Gasteiger partial charge in [-0.25, -0.2) is 0 Å². The molecule has 26 heavy (non-hydrogen) atoms. The number of rotatable bonds is 6. The SMILES string of the molecule is CC1CC1c1ccc(C2CC2C(=O)NCc2nnc(C3CCC3)n2C)o1. The zero-order valence-corrected chi connectivity index (χ0v) is 15.4. The molecule has 138 valence electrons. The van der Waals surface area contributed by atoms with Gasteiger partial charge in [0.25, 0.3) is 0 Å². The normalized spacial score (nSPS) is 30.1. The molecule has 2 aromatic rings. The Morgan fingerprint density at radius 1 is 1.23 bits per heavy atom. The molecule has 3 saturated carbocycles. The van der Waals surface area contributed by atoms with E-state index in [4.69, 9.17) is 4.42 Å². The van der Waals surface area contributed by atoms with Gasteiger partial charge in [-0.15, -0.1) is 10.2 Å². The second-order valence-corrected chi connectivity index (χ2v) is 8.39. The molecule has 4 unspecified atom stereocenters. The van der Waals surface area contributed by atoms with Crippen molar-refractivity contribution in [3.8, 4) is 0 Å². The summed E-state index contributed by atoms with van der Waals surface area (Å²) in [4.78, 5) is 12.5. The molecule has 1 N–H and O–H groups in total. The molecule has 0 bridgehead atoms. The number of furan rings is 1. The molecule has 1 amide bonds. The Hall–Kier alpha value is -2.11. The number of hydrogen-bond donors (Lipinski definition) is 1. The number of carbonyl (C=O) groups is 1. The lowest BCUT2D eigenvalue weighted by Crippen LogP contribution is -2.26. The number of nitrogens with one attached hydrogen (secondary N) is 1. The highest BCUT2D eigenvalue weighted by atomic mass is 16.3. The summed E-state index contributed by atoms with van der Waals surface area (Å²) >= 11 is 0. The van der Waals surface area contributed by atoms with E-state index in [1.807, 2.05) is 11.6 Å². The van der Waals surface area contributed by atoms with Crippen LogP contribution in [0.15, 0.2) is 16.5 Å². The molecule has 2 aromatic heterocycles. The molecule has 0 radical (unpaired) electrons. The fourth-order valence-electron chi connectivity index (χ4n) is 4.13. The minimum atomic E-state index is 0.0324. The first-order chi connectivity index (χ1) is 12.6. The molecular formula is C20H26N4O2. The van der Waals surface area contributed by atoms with Crippen molar-refractivity contribution < 1.29 is 9.21 Å². The molecule has 0 aliphatic heterocycles. The quantitative estimate of drug-likeness (QED) is 0.864. The molecule has 4 atom stereocenters. The van der Waals surface area contributed by atoms with Crippen LogP contribution in [0.3, 0.4) is 0 Å². The molecule has 6 nitrogen and oxygen atoms in total. The number of aromatic nitrogens is 3. The maximum Gasteiger partial charge on any atom is 0.224 e. The fourth-order valence-corrected chi connectivity index (χ4v) is 4.13. The summed E-state index contributed by atoms with van der Waals surface area (Å²) in [5.41, 5.74) is 0. The molecular weight excluding hydrogens is 328 g/mol. The predicted octanol–water partition coefficient (Wildman–Crippen LogP) is 3.22. The van der Waals surface area contributed by atoms with Crippen LogP contribution in [0.5, 0.6) is 0 Å². The van der Waals surface area contributed by atoms with Gasteiger partial charge in [-0.2, -0.15) is 0 Å². The van der Waals surface area contributed by atoms with Gasteiger partial charge in [-0.3, -0.25) is 4.79 Å². The second-order valence-electron chi connectivity index (χ2n) is 8.39. The lowest BCUT2D eigenvalue weighted by atomic mass is 9.85. The average molecular weight is 354 g/mol. The highest BCUT2D eigenvalue weighted by Crippen LogP contribution is 2.52. The summed E-state index contributed by atoms with van der Waals surface area (Å²) in [6.45, 7) is 2.70. The summed E-state index contributed by atoms with van der Waals surface area (Å²) in [6.07, 6.45) is 5.79. The Bertz CT molecular complexity index is 835. The van der Waals surface area contributed by atoms with Crippen molar-refractivity contribution in [2.45, 2.75) is 63.3 Å². The van der Waals surface area contributed by atoms with Crippen molar-refractivity contribution >= 4 is 5.91 Å². The zero-order valence-electron chi connectivity index (χ0n) is 15.4. The molecule has 3 fully saturated rings. The van der Waals surface area contributed by atoms with Gasteiger partial charge in [0, 0.05) is 30.7 Å². The van der Waals surface area contributed by atoms with E-state index in [1.54, 1.807) is 0 Å². The molecule has 5 rings (SSSR count). The number of nitrogens with zero attached hydrogens (tertiary/aromatic N) is 3. The van der Waals surface area contributed by atoms with Gasteiger partial charge in [0.2, 0.25) is 5.91 Å². The van der Waals surface area contributed by atoms with Gasteiger partial charge in [-0.05, 0) is 43.7 Å². The van der Waals surface area contributed by atoms with Crippen LogP contribution in [0.1, 0.15) is 80.0 Å². The van der Waals surface area contributed by atoms with Gasteiger partial charge in [0.1, 0.15) is 17.3 Å². The number of carbonyl (C=O) groups excluding carboxylic acids is 1. The second kappa shape index (κ2) is 5.96. The molecule has 0 spiro atoms. The summed E-state index contributed by atoms with van der Waals surface area (Å²) in [6, 6.07) is 4.16. The van der Waals surface area contributed by atoms with Crippen molar-refractivity contribution in [1.29, 1.82) is 0 Å². The highest BCUT2D eigenvalue weighted by molar-refractivity contribution is 5.82. The van der Waals surface area contributed by atoms with E-state index in [0.717, 1.165) is 35.5 Å². The smallest absolute Gasteiger partial charge is 0.224 e. The lowest BCUT2D eigenvalue weighted by molar-refractivity contribution is -0.122. The maximum absolute atomic E-state index is 12.5. The van der Waals surface area contributed by atoms with E-state index >= 15 is 0 Å². The van der Waals surface area contributed by atoms with E-state index in [0.29, 0.717) is 18.4 Å². The van der Waals surface area contributed by atoms with Gasteiger partial charge in [0.15, 0.2) is 5.82 Å². The van der Waals surface area contributed by atoms with E-state index in [9.17, 15) is 4.79 Å². The largest absolute Gasteiger partial charge is 0.465 e. The lowest BCUT2D eigenvalue weighted by Gasteiger charge is -2.24. The van der Waals surface area contributed by atoms with Crippen LogP contribution in [-0.2, 0) is 18.4 Å². The van der Waals surface area contributed by atoms with Crippen LogP contribution < -0.4 is 5.32 Å². The molecule has 0 saturated heterocycles. The first kappa shape index (κ1) is 16.1.